The fourth-order valence-corrected chi connectivity index (χ4v) is 2.80. The van der Waals surface area contributed by atoms with Crippen LogP contribution in [0.25, 0.3) is 0 Å². The summed E-state index contributed by atoms with van der Waals surface area (Å²) in [6.45, 7) is 4.79. The van der Waals surface area contributed by atoms with Gasteiger partial charge in [-0.15, -0.1) is 24.0 Å². The zero-order valence-corrected chi connectivity index (χ0v) is 15.6. The molecule has 0 aliphatic heterocycles. The smallest absolute Gasteiger partial charge is 0.191 e. The van der Waals surface area contributed by atoms with Gasteiger partial charge in [0.25, 0.3) is 0 Å². The van der Waals surface area contributed by atoms with Gasteiger partial charge in [0.2, 0.25) is 0 Å². The monoisotopic (exact) mass is 406 g/mol. The van der Waals surface area contributed by atoms with Gasteiger partial charge < -0.3 is 15.2 Å². The fourth-order valence-electron chi connectivity index (χ4n) is 2.80. The highest BCUT2D eigenvalue weighted by molar-refractivity contribution is 14.0. The predicted molar refractivity (Wildman–Crippen MR) is 96.5 cm³/mol. The highest BCUT2D eigenvalue weighted by atomic mass is 127. The highest BCUT2D eigenvalue weighted by Crippen LogP contribution is 2.17. The van der Waals surface area contributed by atoms with E-state index in [9.17, 15) is 0 Å². The molecule has 1 heterocycles. The molecule has 1 aromatic heterocycles. The third-order valence-corrected chi connectivity index (χ3v) is 4.02. The Morgan fingerprint density at radius 2 is 2.00 bits per heavy atom. The van der Waals surface area contributed by atoms with Gasteiger partial charge in [0, 0.05) is 25.2 Å². The van der Waals surface area contributed by atoms with Crippen LogP contribution in [0, 0.1) is 13.8 Å². The summed E-state index contributed by atoms with van der Waals surface area (Å²) < 4.78 is 5.18. The minimum Gasteiger partial charge on any atom is -0.361 e. The second-order valence-corrected chi connectivity index (χ2v) is 5.53. The zero-order chi connectivity index (χ0) is 14.4. The number of nitrogens with one attached hydrogen (secondary N) is 2. The molecule has 1 fully saturated rings. The number of nitrogens with zero attached hydrogens (tertiary/aromatic N) is 2. The standard InChI is InChI=1S/C15H26N4O.HI/c1-11-14(12(2)20-19-11)9-10-17-15(16-3)18-13-7-5-4-6-8-13;/h13H,4-10H2,1-3H3,(H2,16,17,18);1H. The summed E-state index contributed by atoms with van der Waals surface area (Å²) in [7, 11) is 1.83. The molecule has 0 saturated heterocycles. The minimum absolute atomic E-state index is 0. The maximum Gasteiger partial charge on any atom is 0.191 e. The van der Waals surface area contributed by atoms with E-state index in [0.717, 1.165) is 30.4 Å². The first-order valence-corrected chi connectivity index (χ1v) is 7.59. The lowest BCUT2D eigenvalue weighted by Crippen LogP contribution is -2.44. The van der Waals surface area contributed by atoms with Crippen LogP contribution in [0.5, 0.6) is 0 Å². The average molecular weight is 406 g/mol. The molecule has 6 heteroatoms. The summed E-state index contributed by atoms with van der Waals surface area (Å²) in [6.07, 6.45) is 7.44. The van der Waals surface area contributed by atoms with Gasteiger partial charge in [-0.2, -0.15) is 0 Å². The number of hydrogen-bond acceptors (Lipinski definition) is 3. The molecule has 1 aliphatic rings. The molecule has 21 heavy (non-hydrogen) atoms. The Bertz CT molecular complexity index is 433. The summed E-state index contributed by atoms with van der Waals surface area (Å²) in [5.41, 5.74) is 2.19. The van der Waals surface area contributed by atoms with E-state index in [2.05, 4.69) is 20.8 Å². The van der Waals surface area contributed by atoms with Crippen molar-refractivity contribution in [3.63, 3.8) is 0 Å². The van der Waals surface area contributed by atoms with Crippen molar-refractivity contribution in [2.75, 3.05) is 13.6 Å². The topological polar surface area (TPSA) is 62.5 Å². The lowest BCUT2D eigenvalue weighted by Gasteiger charge is -2.24. The quantitative estimate of drug-likeness (QED) is 0.459. The molecule has 2 rings (SSSR count). The van der Waals surface area contributed by atoms with Gasteiger partial charge in [0.05, 0.1) is 5.69 Å². The molecule has 0 amide bonds. The molecule has 0 bridgehead atoms. The molecule has 1 saturated carbocycles. The van der Waals surface area contributed by atoms with Crippen LogP contribution in [0.1, 0.15) is 49.1 Å². The summed E-state index contributed by atoms with van der Waals surface area (Å²) >= 11 is 0. The molecule has 120 valence electrons. The minimum atomic E-state index is 0. The molecule has 0 radical (unpaired) electrons. The molecular formula is C15H27IN4O. The van der Waals surface area contributed by atoms with Gasteiger partial charge in [-0.05, 0) is 33.1 Å². The number of aromatic nitrogens is 1. The Morgan fingerprint density at radius 3 is 2.57 bits per heavy atom. The van der Waals surface area contributed by atoms with E-state index in [4.69, 9.17) is 4.52 Å². The molecule has 0 unspecified atom stereocenters. The van der Waals surface area contributed by atoms with Crippen molar-refractivity contribution in [3.05, 3.63) is 17.0 Å². The third-order valence-electron chi connectivity index (χ3n) is 4.02. The van der Waals surface area contributed by atoms with Crippen molar-refractivity contribution in [2.45, 2.75) is 58.4 Å². The maximum atomic E-state index is 5.18. The van der Waals surface area contributed by atoms with E-state index in [-0.39, 0.29) is 24.0 Å². The van der Waals surface area contributed by atoms with Crippen LogP contribution in [0.2, 0.25) is 0 Å². The molecule has 0 aromatic carbocycles. The highest BCUT2D eigenvalue weighted by Gasteiger charge is 2.14. The molecular weight excluding hydrogens is 379 g/mol. The second-order valence-electron chi connectivity index (χ2n) is 5.53. The normalized spacial score (nSPS) is 16.4. The Balaban J connectivity index is 0.00000220. The van der Waals surface area contributed by atoms with Crippen molar-refractivity contribution in [2.24, 2.45) is 4.99 Å². The zero-order valence-electron chi connectivity index (χ0n) is 13.2. The number of aryl methyl sites for hydroxylation is 2. The lowest BCUT2D eigenvalue weighted by molar-refractivity contribution is 0.392. The molecule has 2 N–H and O–H groups in total. The molecule has 0 spiro atoms. The second kappa shape index (κ2) is 9.27. The van der Waals surface area contributed by atoms with Crippen molar-refractivity contribution in [3.8, 4) is 0 Å². The van der Waals surface area contributed by atoms with E-state index in [1.54, 1.807) is 0 Å². The molecule has 1 aliphatic carbocycles. The number of halogens is 1. The fraction of sp³-hybridized carbons (Fsp3) is 0.733. The Labute approximate surface area is 144 Å². The van der Waals surface area contributed by atoms with Crippen LogP contribution >= 0.6 is 24.0 Å². The Morgan fingerprint density at radius 1 is 1.29 bits per heavy atom. The van der Waals surface area contributed by atoms with Gasteiger partial charge >= 0.3 is 0 Å². The van der Waals surface area contributed by atoms with Crippen LogP contribution in [-0.2, 0) is 6.42 Å². The van der Waals surface area contributed by atoms with Crippen LogP contribution in [0.3, 0.4) is 0 Å². The van der Waals surface area contributed by atoms with Gasteiger partial charge in [0.15, 0.2) is 5.96 Å². The first-order valence-electron chi connectivity index (χ1n) is 7.59. The van der Waals surface area contributed by atoms with Crippen LogP contribution in [0.4, 0.5) is 0 Å². The Kier molecular flexibility index (Phi) is 8.06. The van der Waals surface area contributed by atoms with E-state index in [0.29, 0.717) is 6.04 Å². The van der Waals surface area contributed by atoms with Crippen molar-refractivity contribution >= 4 is 29.9 Å². The Hall–Kier alpha value is -0.790. The van der Waals surface area contributed by atoms with E-state index in [1.165, 1.54) is 37.7 Å². The maximum absolute atomic E-state index is 5.18. The largest absolute Gasteiger partial charge is 0.361 e. The van der Waals surface area contributed by atoms with Gasteiger partial charge in [-0.3, -0.25) is 4.99 Å². The first-order chi connectivity index (χ1) is 9.70. The van der Waals surface area contributed by atoms with Crippen molar-refractivity contribution in [1.82, 2.24) is 15.8 Å². The van der Waals surface area contributed by atoms with E-state index >= 15 is 0 Å². The number of hydrogen-bond donors (Lipinski definition) is 2. The van der Waals surface area contributed by atoms with Gasteiger partial charge in [-0.25, -0.2) is 0 Å². The summed E-state index contributed by atoms with van der Waals surface area (Å²) in [4.78, 5) is 4.30. The summed E-state index contributed by atoms with van der Waals surface area (Å²) in [5.74, 6) is 1.82. The SMILES string of the molecule is CN=C(NCCc1c(C)noc1C)NC1CCCCC1.I. The summed E-state index contributed by atoms with van der Waals surface area (Å²) in [5, 5.41) is 10.9. The van der Waals surface area contributed by atoms with Crippen molar-refractivity contribution < 1.29 is 4.52 Å². The number of guanidine groups is 1. The molecule has 0 atom stereocenters. The van der Waals surface area contributed by atoms with E-state index < -0.39 is 0 Å². The first kappa shape index (κ1) is 18.3. The predicted octanol–water partition coefficient (Wildman–Crippen LogP) is 2.95. The molecule has 5 nitrogen and oxygen atoms in total. The third kappa shape index (κ3) is 5.48. The van der Waals surface area contributed by atoms with Gasteiger partial charge in [0.1, 0.15) is 5.76 Å². The lowest BCUT2D eigenvalue weighted by atomic mass is 9.96. The summed E-state index contributed by atoms with van der Waals surface area (Å²) in [6, 6.07) is 0.578. The number of aliphatic imine (C=N–C) groups is 1. The average Bonchev–Trinajstić information content (AvgIpc) is 2.79. The van der Waals surface area contributed by atoms with Crippen LogP contribution < -0.4 is 10.6 Å². The van der Waals surface area contributed by atoms with Crippen LogP contribution in [-0.4, -0.2) is 30.8 Å². The van der Waals surface area contributed by atoms with Crippen LogP contribution in [0.15, 0.2) is 9.52 Å². The van der Waals surface area contributed by atoms with E-state index in [1.807, 2.05) is 20.9 Å². The van der Waals surface area contributed by atoms with Gasteiger partial charge in [-0.1, -0.05) is 24.4 Å². The molecule has 1 aromatic rings. The van der Waals surface area contributed by atoms with Crippen molar-refractivity contribution in [1.29, 1.82) is 0 Å². The number of rotatable bonds is 4.